The fraction of sp³-hybridized carbons (Fsp3) is 0.778. The van der Waals surface area contributed by atoms with E-state index < -0.39 is 0 Å². The predicted octanol–water partition coefficient (Wildman–Crippen LogP) is 2.41. The summed E-state index contributed by atoms with van der Waals surface area (Å²) in [5, 5.41) is 0. The van der Waals surface area contributed by atoms with Crippen molar-refractivity contribution in [1.82, 2.24) is 19.8 Å². The van der Waals surface area contributed by atoms with Gasteiger partial charge in [-0.3, -0.25) is 4.79 Å². The predicted molar refractivity (Wildman–Crippen MR) is 99.2 cm³/mol. The summed E-state index contributed by atoms with van der Waals surface area (Å²) in [5.74, 6) is 1.58. The maximum absolute atomic E-state index is 12.4. The summed E-state index contributed by atoms with van der Waals surface area (Å²) in [6.45, 7) is 5.38. The van der Waals surface area contributed by atoms with Gasteiger partial charge in [-0.1, -0.05) is 0 Å². The number of H-pyrrole nitrogens is 1. The van der Waals surface area contributed by atoms with E-state index in [2.05, 4.69) is 26.0 Å². The third-order valence-corrected chi connectivity index (χ3v) is 6.21. The molecule has 0 bridgehead atoms. The number of hydrogen-bond donors (Lipinski definition) is 1. The molecule has 134 valence electrons. The van der Waals surface area contributed by atoms with Crippen LogP contribution >= 0.6 is 11.8 Å². The third-order valence-electron chi connectivity index (χ3n) is 5.52. The lowest BCUT2D eigenvalue weighted by atomic mass is 9.73. The summed E-state index contributed by atoms with van der Waals surface area (Å²) < 4.78 is 0. The van der Waals surface area contributed by atoms with E-state index in [4.69, 9.17) is 0 Å². The van der Waals surface area contributed by atoms with Crippen LogP contribution in [0.5, 0.6) is 0 Å². The van der Waals surface area contributed by atoms with Gasteiger partial charge >= 0.3 is 0 Å². The fourth-order valence-electron chi connectivity index (χ4n) is 4.25. The standard InChI is InChI=1S/C18H30N4OS/c1-24-11-3-9-21-8-2-6-18(13-21)7-4-17(23)22(14-18)10-5-16-12-19-15-20-16/h12,15H,2-11,13-14H2,1H3,(H,19,20)/t18-/m1/s1. The average Bonchev–Trinajstić information content (AvgIpc) is 3.10. The molecule has 6 heteroatoms. The van der Waals surface area contributed by atoms with E-state index in [-0.39, 0.29) is 0 Å². The zero-order valence-corrected chi connectivity index (χ0v) is 15.6. The van der Waals surface area contributed by atoms with Crippen LogP contribution in [0.25, 0.3) is 0 Å². The highest BCUT2D eigenvalue weighted by atomic mass is 32.2. The summed E-state index contributed by atoms with van der Waals surface area (Å²) in [6.07, 6.45) is 12.3. The molecule has 1 amide bonds. The Labute approximate surface area is 149 Å². The van der Waals surface area contributed by atoms with Crippen LogP contribution in [0.4, 0.5) is 0 Å². The van der Waals surface area contributed by atoms with Crippen molar-refractivity contribution in [3.05, 3.63) is 18.2 Å². The van der Waals surface area contributed by atoms with Crippen molar-refractivity contribution in [2.75, 3.05) is 44.7 Å². The number of rotatable bonds is 7. The molecule has 0 saturated carbocycles. The Balaban J connectivity index is 1.55. The lowest BCUT2D eigenvalue weighted by Crippen LogP contribution is -2.54. The van der Waals surface area contributed by atoms with Crippen LogP contribution in [0.2, 0.25) is 0 Å². The van der Waals surface area contributed by atoms with Gasteiger partial charge in [0.1, 0.15) is 0 Å². The molecule has 3 heterocycles. The first kappa shape index (κ1) is 17.8. The number of hydrogen-bond acceptors (Lipinski definition) is 4. The Morgan fingerprint density at radius 1 is 1.33 bits per heavy atom. The third kappa shape index (κ3) is 4.54. The number of carbonyl (C=O) groups is 1. The van der Waals surface area contributed by atoms with Gasteiger partial charge in [0.2, 0.25) is 5.91 Å². The van der Waals surface area contributed by atoms with Crippen molar-refractivity contribution in [2.24, 2.45) is 5.41 Å². The minimum absolute atomic E-state index is 0.333. The summed E-state index contributed by atoms with van der Waals surface area (Å²) in [5.41, 5.74) is 1.45. The number of aromatic amines is 1. The summed E-state index contributed by atoms with van der Waals surface area (Å²) in [4.78, 5) is 24.3. The van der Waals surface area contributed by atoms with E-state index in [9.17, 15) is 4.79 Å². The maximum Gasteiger partial charge on any atom is 0.222 e. The van der Waals surface area contributed by atoms with Crippen LogP contribution in [-0.2, 0) is 11.2 Å². The first-order chi connectivity index (χ1) is 11.7. The van der Waals surface area contributed by atoms with Gasteiger partial charge in [0.25, 0.3) is 0 Å². The van der Waals surface area contributed by atoms with Crippen LogP contribution < -0.4 is 0 Å². The van der Waals surface area contributed by atoms with Gasteiger partial charge in [-0.05, 0) is 50.8 Å². The first-order valence-corrected chi connectivity index (χ1v) is 10.6. The molecule has 1 spiro atoms. The molecule has 1 aromatic rings. The molecular weight excluding hydrogens is 320 g/mol. The Bertz CT molecular complexity index is 521. The Morgan fingerprint density at radius 3 is 3.04 bits per heavy atom. The Kier molecular flexibility index (Phi) is 6.22. The molecule has 0 aliphatic carbocycles. The van der Waals surface area contributed by atoms with E-state index in [1.54, 1.807) is 6.33 Å². The van der Waals surface area contributed by atoms with Gasteiger partial charge in [0, 0.05) is 49.8 Å². The molecule has 0 aromatic carbocycles. The number of carbonyl (C=O) groups excluding carboxylic acids is 1. The van der Waals surface area contributed by atoms with Gasteiger partial charge < -0.3 is 14.8 Å². The van der Waals surface area contributed by atoms with Crippen LogP contribution in [0.15, 0.2) is 12.5 Å². The molecule has 1 atom stereocenters. The van der Waals surface area contributed by atoms with Crippen molar-refractivity contribution in [1.29, 1.82) is 0 Å². The van der Waals surface area contributed by atoms with Crippen molar-refractivity contribution in [3.63, 3.8) is 0 Å². The quantitative estimate of drug-likeness (QED) is 0.767. The highest BCUT2D eigenvalue weighted by Gasteiger charge is 2.41. The lowest BCUT2D eigenvalue weighted by molar-refractivity contribution is -0.139. The van der Waals surface area contributed by atoms with Gasteiger partial charge in [-0.15, -0.1) is 0 Å². The summed E-state index contributed by atoms with van der Waals surface area (Å²) in [6, 6.07) is 0. The summed E-state index contributed by atoms with van der Waals surface area (Å²) >= 11 is 1.94. The molecule has 5 nitrogen and oxygen atoms in total. The number of nitrogens with zero attached hydrogens (tertiary/aromatic N) is 3. The van der Waals surface area contributed by atoms with Crippen LogP contribution in [0, 0.1) is 5.41 Å². The molecule has 1 aromatic heterocycles. The molecule has 2 aliphatic heterocycles. The van der Waals surface area contributed by atoms with E-state index in [0.717, 1.165) is 38.0 Å². The monoisotopic (exact) mass is 350 g/mol. The number of imidazole rings is 1. The normalized spacial score (nSPS) is 25.5. The minimum atomic E-state index is 0.333. The van der Waals surface area contributed by atoms with E-state index in [0.29, 0.717) is 11.3 Å². The SMILES string of the molecule is CSCCCN1CCC[C@@]2(CCC(=O)N(CCc3cnc[nH]3)C2)C1. The number of piperidine rings is 2. The van der Waals surface area contributed by atoms with Gasteiger partial charge in [-0.2, -0.15) is 11.8 Å². The smallest absolute Gasteiger partial charge is 0.222 e. The molecule has 2 saturated heterocycles. The number of amides is 1. The molecule has 3 rings (SSSR count). The van der Waals surface area contributed by atoms with E-state index in [1.807, 2.05) is 18.0 Å². The van der Waals surface area contributed by atoms with Gasteiger partial charge in [0.05, 0.1) is 6.33 Å². The van der Waals surface area contributed by atoms with Gasteiger partial charge in [-0.25, -0.2) is 4.98 Å². The zero-order valence-electron chi connectivity index (χ0n) is 14.8. The lowest BCUT2D eigenvalue weighted by Gasteiger charge is -2.48. The first-order valence-electron chi connectivity index (χ1n) is 9.17. The molecule has 24 heavy (non-hydrogen) atoms. The molecule has 1 N–H and O–H groups in total. The van der Waals surface area contributed by atoms with Crippen LogP contribution in [0.3, 0.4) is 0 Å². The highest BCUT2D eigenvalue weighted by molar-refractivity contribution is 7.98. The average molecular weight is 351 g/mol. The largest absolute Gasteiger partial charge is 0.348 e. The number of nitrogens with one attached hydrogen (secondary N) is 1. The number of thioether (sulfide) groups is 1. The highest BCUT2D eigenvalue weighted by Crippen LogP contribution is 2.38. The molecule has 2 fully saturated rings. The molecule has 0 radical (unpaired) electrons. The van der Waals surface area contributed by atoms with Crippen LogP contribution in [0.1, 0.15) is 37.8 Å². The minimum Gasteiger partial charge on any atom is -0.348 e. The van der Waals surface area contributed by atoms with Crippen molar-refractivity contribution in [3.8, 4) is 0 Å². The second-order valence-corrected chi connectivity index (χ2v) is 8.35. The molecular formula is C18H30N4OS. The fourth-order valence-corrected chi connectivity index (χ4v) is 4.67. The zero-order chi connectivity index (χ0) is 16.8. The van der Waals surface area contributed by atoms with E-state index in [1.165, 1.54) is 44.6 Å². The Hall–Kier alpha value is -1.01. The summed E-state index contributed by atoms with van der Waals surface area (Å²) in [7, 11) is 0. The van der Waals surface area contributed by atoms with Crippen molar-refractivity contribution >= 4 is 17.7 Å². The molecule has 2 aliphatic rings. The second-order valence-electron chi connectivity index (χ2n) is 7.37. The topological polar surface area (TPSA) is 52.2 Å². The number of likely N-dealkylation sites (tertiary alicyclic amines) is 2. The molecule has 0 unspecified atom stereocenters. The van der Waals surface area contributed by atoms with Gasteiger partial charge in [0.15, 0.2) is 0 Å². The maximum atomic E-state index is 12.4. The van der Waals surface area contributed by atoms with Crippen molar-refractivity contribution in [2.45, 2.75) is 38.5 Å². The van der Waals surface area contributed by atoms with Crippen LogP contribution in [-0.4, -0.2) is 70.4 Å². The Morgan fingerprint density at radius 2 is 2.25 bits per heavy atom. The van der Waals surface area contributed by atoms with Crippen molar-refractivity contribution < 1.29 is 4.79 Å². The number of aromatic nitrogens is 2. The van der Waals surface area contributed by atoms with E-state index >= 15 is 0 Å². The second kappa shape index (κ2) is 8.39.